The van der Waals surface area contributed by atoms with E-state index in [2.05, 4.69) is 25.7 Å². The SMILES string of the molecule is CCCCN(C(C)CC)C1(CN)CCS(=O)(=O)CC1. The molecule has 1 fully saturated rings. The van der Waals surface area contributed by atoms with Gasteiger partial charge in [-0.2, -0.15) is 0 Å². The van der Waals surface area contributed by atoms with Crippen molar-refractivity contribution in [3.8, 4) is 0 Å². The fourth-order valence-corrected chi connectivity index (χ4v) is 4.59. The van der Waals surface area contributed by atoms with Gasteiger partial charge in [0.2, 0.25) is 0 Å². The number of sulfone groups is 1. The van der Waals surface area contributed by atoms with E-state index in [9.17, 15) is 8.42 Å². The van der Waals surface area contributed by atoms with Crippen molar-refractivity contribution in [3.05, 3.63) is 0 Å². The maximum Gasteiger partial charge on any atom is 0.150 e. The van der Waals surface area contributed by atoms with Crippen molar-refractivity contribution in [2.24, 2.45) is 5.73 Å². The number of nitrogens with two attached hydrogens (primary N) is 1. The Morgan fingerprint density at radius 3 is 2.26 bits per heavy atom. The van der Waals surface area contributed by atoms with Gasteiger partial charge in [0.25, 0.3) is 0 Å². The zero-order valence-electron chi connectivity index (χ0n) is 12.7. The number of hydrogen-bond donors (Lipinski definition) is 1. The predicted octanol–water partition coefficient (Wildman–Crippen LogP) is 1.79. The molecule has 0 amide bonds. The molecule has 2 N–H and O–H groups in total. The molecule has 5 heteroatoms. The summed E-state index contributed by atoms with van der Waals surface area (Å²) in [4.78, 5) is 2.49. The first-order valence-electron chi connectivity index (χ1n) is 7.58. The first-order chi connectivity index (χ1) is 8.90. The van der Waals surface area contributed by atoms with E-state index in [-0.39, 0.29) is 5.54 Å². The molecule has 0 aromatic rings. The van der Waals surface area contributed by atoms with Crippen LogP contribution in [0.1, 0.15) is 52.9 Å². The molecule has 0 aromatic heterocycles. The highest BCUT2D eigenvalue weighted by Crippen LogP contribution is 2.32. The zero-order valence-corrected chi connectivity index (χ0v) is 13.5. The van der Waals surface area contributed by atoms with Gasteiger partial charge < -0.3 is 5.73 Å². The van der Waals surface area contributed by atoms with Gasteiger partial charge in [-0.15, -0.1) is 0 Å². The number of hydrogen-bond acceptors (Lipinski definition) is 4. The van der Waals surface area contributed by atoms with E-state index >= 15 is 0 Å². The molecule has 1 saturated heterocycles. The number of rotatable bonds is 7. The van der Waals surface area contributed by atoms with Crippen LogP contribution in [0, 0.1) is 0 Å². The summed E-state index contributed by atoms with van der Waals surface area (Å²) in [6.45, 7) is 8.21. The third-order valence-electron chi connectivity index (χ3n) is 4.62. The molecule has 0 aliphatic carbocycles. The number of nitrogens with zero attached hydrogens (tertiary/aromatic N) is 1. The minimum Gasteiger partial charge on any atom is -0.329 e. The van der Waals surface area contributed by atoms with Gasteiger partial charge in [0.1, 0.15) is 9.84 Å². The molecule has 1 aliphatic rings. The molecular formula is C14H30N2O2S. The average Bonchev–Trinajstić information content (AvgIpc) is 2.40. The highest BCUT2D eigenvalue weighted by Gasteiger charge is 2.42. The summed E-state index contributed by atoms with van der Waals surface area (Å²) in [6, 6.07) is 0.468. The van der Waals surface area contributed by atoms with Crippen LogP contribution >= 0.6 is 0 Å². The van der Waals surface area contributed by atoms with Crippen molar-refractivity contribution < 1.29 is 8.42 Å². The summed E-state index contributed by atoms with van der Waals surface area (Å²) < 4.78 is 23.3. The lowest BCUT2D eigenvalue weighted by molar-refractivity contribution is 0.0423. The van der Waals surface area contributed by atoms with E-state index in [1.165, 1.54) is 0 Å². The Hall–Kier alpha value is -0.130. The van der Waals surface area contributed by atoms with E-state index < -0.39 is 9.84 Å². The zero-order chi connectivity index (χ0) is 14.5. The summed E-state index contributed by atoms with van der Waals surface area (Å²) >= 11 is 0. The van der Waals surface area contributed by atoms with E-state index in [1.807, 2.05) is 0 Å². The molecule has 1 aliphatic heterocycles. The second-order valence-corrected chi connectivity index (χ2v) is 8.19. The third-order valence-corrected chi connectivity index (χ3v) is 6.27. The Morgan fingerprint density at radius 1 is 1.26 bits per heavy atom. The van der Waals surface area contributed by atoms with Gasteiger partial charge in [0.15, 0.2) is 0 Å². The van der Waals surface area contributed by atoms with Crippen molar-refractivity contribution in [3.63, 3.8) is 0 Å². The first kappa shape index (κ1) is 16.9. The predicted molar refractivity (Wildman–Crippen MR) is 81.0 cm³/mol. The summed E-state index contributed by atoms with van der Waals surface area (Å²) in [7, 11) is -2.83. The van der Waals surface area contributed by atoms with Crippen LogP contribution in [0.3, 0.4) is 0 Å². The summed E-state index contributed by atoms with van der Waals surface area (Å²) in [5, 5.41) is 0. The molecule has 0 aromatic carbocycles. The second kappa shape index (κ2) is 7.04. The Balaban J connectivity index is 2.89. The molecule has 0 bridgehead atoms. The molecule has 114 valence electrons. The highest BCUT2D eigenvalue weighted by molar-refractivity contribution is 7.91. The Bertz CT molecular complexity index is 354. The highest BCUT2D eigenvalue weighted by atomic mass is 32.2. The Morgan fingerprint density at radius 2 is 1.84 bits per heavy atom. The largest absolute Gasteiger partial charge is 0.329 e. The van der Waals surface area contributed by atoms with Crippen molar-refractivity contribution >= 4 is 9.84 Å². The lowest BCUT2D eigenvalue weighted by atomic mass is 9.88. The summed E-state index contributed by atoms with van der Waals surface area (Å²) in [5.74, 6) is 0.590. The van der Waals surface area contributed by atoms with Gasteiger partial charge in [-0.3, -0.25) is 4.90 Å². The van der Waals surface area contributed by atoms with Gasteiger partial charge in [0, 0.05) is 18.1 Å². The van der Waals surface area contributed by atoms with Crippen LogP contribution in [0.15, 0.2) is 0 Å². The minimum absolute atomic E-state index is 0.101. The van der Waals surface area contributed by atoms with Gasteiger partial charge >= 0.3 is 0 Å². The molecule has 0 radical (unpaired) electrons. The summed E-state index contributed by atoms with van der Waals surface area (Å²) in [5.41, 5.74) is 5.95. The standard InChI is InChI=1S/C14H30N2O2S/c1-4-6-9-16(13(3)5-2)14(12-15)7-10-19(17,18)11-8-14/h13H,4-12,15H2,1-3H3. The van der Waals surface area contributed by atoms with Crippen LogP contribution in [-0.4, -0.2) is 49.5 Å². The number of unbranched alkanes of at least 4 members (excludes halogenated alkanes) is 1. The van der Waals surface area contributed by atoms with E-state index in [0.29, 0.717) is 36.9 Å². The molecule has 0 spiro atoms. The van der Waals surface area contributed by atoms with Crippen LogP contribution in [0.5, 0.6) is 0 Å². The topological polar surface area (TPSA) is 63.4 Å². The van der Waals surface area contributed by atoms with Crippen molar-refractivity contribution in [2.45, 2.75) is 64.5 Å². The maximum atomic E-state index is 11.7. The first-order valence-corrected chi connectivity index (χ1v) is 9.40. The van der Waals surface area contributed by atoms with Crippen molar-refractivity contribution in [2.75, 3.05) is 24.6 Å². The lowest BCUT2D eigenvalue weighted by Crippen LogP contribution is -2.60. The van der Waals surface area contributed by atoms with Crippen LogP contribution < -0.4 is 5.73 Å². The van der Waals surface area contributed by atoms with Crippen LogP contribution in [-0.2, 0) is 9.84 Å². The van der Waals surface area contributed by atoms with Crippen LogP contribution in [0.4, 0.5) is 0 Å². The molecule has 0 saturated carbocycles. The van der Waals surface area contributed by atoms with E-state index in [1.54, 1.807) is 0 Å². The Labute approximate surface area is 118 Å². The minimum atomic E-state index is -2.83. The second-order valence-electron chi connectivity index (χ2n) is 5.88. The third kappa shape index (κ3) is 4.17. The molecular weight excluding hydrogens is 260 g/mol. The fraction of sp³-hybridized carbons (Fsp3) is 1.00. The van der Waals surface area contributed by atoms with Gasteiger partial charge in [-0.1, -0.05) is 20.3 Å². The Kier molecular flexibility index (Phi) is 6.27. The monoisotopic (exact) mass is 290 g/mol. The van der Waals surface area contributed by atoms with Crippen molar-refractivity contribution in [1.82, 2.24) is 4.90 Å². The maximum absolute atomic E-state index is 11.7. The molecule has 1 atom stereocenters. The average molecular weight is 290 g/mol. The van der Waals surface area contributed by atoms with Crippen molar-refractivity contribution in [1.29, 1.82) is 0 Å². The van der Waals surface area contributed by atoms with Gasteiger partial charge in [-0.25, -0.2) is 8.42 Å². The normalized spacial score (nSPS) is 23.4. The fourth-order valence-electron chi connectivity index (χ4n) is 3.00. The van der Waals surface area contributed by atoms with Gasteiger partial charge in [-0.05, 0) is 39.2 Å². The van der Waals surface area contributed by atoms with Crippen LogP contribution in [0.25, 0.3) is 0 Å². The molecule has 1 rings (SSSR count). The lowest BCUT2D eigenvalue weighted by Gasteiger charge is -2.48. The smallest absolute Gasteiger partial charge is 0.150 e. The molecule has 4 nitrogen and oxygen atoms in total. The van der Waals surface area contributed by atoms with E-state index in [0.717, 1.165) is 25.8 Å². The van der Waals surface area contributed by atoms with Gasteiger partial charge in [0.05, 0.1) is 11.5 Å². The summed E-state index contributed by atoms with van der Waals surface area (Å²) in [6.07, 6.45) is 4.78. The molecule has 19 heavy (non-hydrogen) atoms. The van der Waals surface area contributed by atoms with E-state index in [4.69, 9.17) is 5.73 Å². The molecule has 1 heterocycles. The van der Waals surface area contributed by atoms with Crippen LogP contribution in [0.2, 0.25) is 0 Å². The molecule has 1 unspecified atom stereocenters. The quantitative estimate of drug-likeness (QED) is 0.776.